The lowest BCUT2D eigenvalue weighted by atomic mass is 9.47. The molecule has 4 aliphatic carbocycles. The molecule has 0 spiro atoms. The first kappa shape index (κ1) is 43.6. The van der Waals surface area contributed by atoms with Crippen LogP contribution >= 0.6 is 0 Å². The summed E-state index contributed by atoms with van der Waals surface area (Å²) in [5, 5.41) is 34.2. The van der Waals surface area contributed by atoms with Crippen LogP contribution in [-0.4, -0.2) is 52.4 Å². The number of hydrogen-bond donors (Lipinski definition) is 4. The van der Waals surface area contributed by atoms with Crippen molar-refractivity contribution in [2.24, 2.45) is 46.3 Å². The molecule has 0 radical (unpaired) electrons. The van der Waals surface area contributed by atoms with Crippen LogP contribution in [0.5, 0.6) is 0 Å². The van der Waals surface area contributed by atoms with Gasteiger partial charge in [0.15, 0.2) is 0 Å². The molecule has 0 aromatic heterocycles. The number of alkyl carbamates (subject to hydrolysis) is 1. The van der Waals surface area contributed by atoms with Gasteiger partial charge in [0.2, 0.25) is 0 Å². The van der Waals surface area contributed by atoms with Crippen LogP contribution in [0.3, 0.4) is 0 Å². The van der Waals surface area contributed by atoms with Crippen molar-refractivity contribution in [3.05, 3.63) is 11.6 Å². The molecule has 4 N–H and O–H groups in total. The van der Waals surface area contributed by atoms with Crippen LogP contribution in [0.1, 0.15) is 196 Å². The Labute approximate surface area is 320 Å². The highest BCUT2D eigenvalue weighted by Gasteiger charge is 2.59. The van der Waals surface area contributed by atoms with Crippen LogP contribution in [0.2, 0.25) is 0 Å². The fourth-order valence-electron chi connectivity index (χ4n) is 12.0. The molecule has 1 amide bonds. The topological polar surface area (TPSA) is 99.0 Å². The maximum atomic E-state index is 13.0. The zero-order chi connectivity index (χ0) is 37.7. The number of nitrogens with one attached hydrogen (secondary N) is 1. The van der Waals surface area contributed by atoms with E-state index in [4.69, 9.17) is 4.74 Å². The average molecular weight is 730 g/mol. The molecule has 0 saturated heterocycles. The lowest BCUT2D eigenvalue weighted by Gasteiger charge is -2.58. The number of carbonyl (C=O) groups excluding carboxylic acids is 1. The third-order valence-corrected chi connectivity index (χ3v) is 15.2. The Hall–Kier alpha value is -1.11. The molecule has 4 aliphatic rings. The third-order valence-electron chi connectivity index (χ3n) is 15.2. The Bertz CT molecular complexity index is 1080. The van der Waals surface area contributed by atoms with Crippen molar-refractivity contribution < 1.29 is 24.9 Å². The van der Waals surface area contributed by atoms with Crippen LogP contribution in [0.4, 0.5) is 4.79 Å². The molecule has 0 aromatic rings. The Morgan fingerprint density at radius 2 is 1.48 bits per heavy atom. The Kier molecular flexibility index (Phi) is 17.8. The van der Waals surface area contributed by atoms with Gasteiger partial charge in [0.25, 0.3) is 0 Å². The molecule has 0 aromatic carbocycles. The molecular weight excluding hydrogens is 647 g/mol. The fraction of sp³-hybridized carbons (Fsp3) is 0.935. The second-order valence-electron chi connectivity index (χ2n) is 19.2. The maximum absolute atomic E-state index is 13.0. The quantitative estimate of drug-likeness (QED) is 0.0620. The molecule has 7 unspecified atom stereocenters. The van der Waals surface area contributed by atoms with Crippen molar-refractivity contribution in [2.45, 2.75) is 220 Å². The molecule has 52 heavy (non-hydrogen) atoms. The third kappa shape index (κ3) is 11.5. The van der Waals surface area contributed by atoms with Crippen LogP contribution in [0.15, 0.2) is 11.6 Å². The molecule has 302 valence electrons. The Morgan fingerprint density at radius 1 is 0.827 bits per heavy atom. The molecule has 11 atom stereocenters. The van der Waals surface area contributed by atoms with Gasteiger partial charge in [-0.3, -0.25) is 0 Å². The molecule has 0 heterocycles. The summed E-state index contributed by atoms with van der Waals surface area (Å²) in [5.41, 5.74) is 2.14. The van der Waals surface area contributed by atoms with Crippen LogP contribution in [0, 0.1) is 46.3 Å². The first-order valence-corrected chi connectivity index (χ1v) is 22.6. The highest BCUT2D eigenvalue weighted by molar-refractivity contribution is 5.68. The van der Waals surface area contributed by atoms with Crippen molar-refractivity contribution in [3.63, 3.8) is 0 Å². The molecule has 4 rings (SSSR count). The van der Waals surface area contributed by atoms with Crippen LogP contribution < -0.4 is 5.32 Å². The van der Waals surface area contributed by atoms with E-state index in [-0.39, 0.29) is 11.5 Å². The minimum Gasteiger partial charge on any atom is -0.446 e. The summed E-state index contributed by atoms with van der Waals surface area (Å²) in [6.45, 7) is 14.2. The highest BCUT2D eigenvalue weighted by Crippen LogP contribution is 2.67. The summed E-state index contributed by atoms with van der Waals surface area (Å²) < 4.78 is 5.94. The summed E-state index contributed by atoms with van der Waals surface area (Å²) in [4.78, 5) is 13.0. The molecule has 3 fully saturated rings. The highest BCUT2D eigenvalue weighted by atomic mass is 16.6. The van der Waals surface area contributed by atoms with E-state index in [9.17, 15) is 20.1 Å². The van der Waals surface area contributed by atoms with E-state index < -0.39 is 30.9 Å². The minimum atomic E-state index is -1.23. The second-order valence-corrected chi connectivity index (χ2v) is 19.2. The largest absolute Gasteiger partial charge is 0.446 e. The number of fused-ring (bicyclic) bond motifs is 5. The number of aliphatic hydroxyl groups excluding tert-OH is 3. The molecule has 0 bridgehead atoms. The normalized spacial score (nSPS) is 32.3. The SMILES string of the molecule is CCCCCCCCCCCCCCC(O)C(O)C(CO)NC(=O)OC1CC[C@@]2(C)C(=CCC3C2CC[C@@]2(C)C3CC[C@@H]2[C@H](C)CCCC(C)C)C1. The van der Waals surface area contributed by atoms with Crippen LogP contribution in [0.25, 0.3) is 0 Å². The molecule has 0 aliphatic heterocycles. The van der Waals surface area contributed by atoms with E-state index >= 15 is 0 Å². The number of carbonyl (C=O) groups is 1. The van der Waals surface area contributed by atoms with Gasteiger partial charge >= 0.3 is 6.09 Å². The van der Waals surface area contributed by atoms with Crippen LogP contribution in [-0.2, 0) is 4.74 Å². The summed E-state index contributed by atoms with van der Waals surface area (Å²) in [6.07, 6.45) is 28.3. The molecule has 3 saturated carbocycles. The predicted molar refractivity (Wildman–Crippen MR) is 215 cm³/mol. The first-order valence-electron chi connectivity index (χ1n) is 22.6. The number of aliphatic hydroxyl groups is 3. The fourth-order valence-corrected chi connectivity index (χ4v) is 12.0. The number of unbranched alkanes of at least 4 members (excludes halogenated alkanes) is 11. The van der Waals surface area contributed by atoms with E-state index in [2.05, 4.69) is 52.9 Å². The van der Waals surface area contributed by atoms with Gasteiger partial charge in [-0.25, -0.2) is 4.79 Å². The van der Waals surface area contributed by atoms with Gasteiger partial charge < -0.3 is 25.4 Å². The minimum absolute atomic E-state index is 0.184. The van der Waals surface area contributed by atoms with Crippen molar-refractivity contribution in [1.29, 1.82) is 0 Å². The summed E-state index contributed by atoms with van der Waals surface area (Å²) in [6, 6.07) is -0.951. The smallest absolute Gasteiger partial charge is 0.407 e. The maximum Gasteiger partial charge on any atom is 0.407 e. The summed E-state index contributed by atoms with van der Waals surface area (Å²) >= 11 is 0. The van der Waals surface area contributed by atoms with E-state index in [1.54, 1.807) is 0 Å². The van der Waals surface area contributed by atoms with Gasteiger partial charge in [0, 0.05) is 6.42 Å². The molecular formula is C46H83NO5. The lowest BCUT2D eigenvalue weighted by molar-refractivity contribution is -0.0589. The van der Waals surface area contributed by atoms with Gasteiger partial charge in [-0.1, -0.05) is 150 Å². The number of hydrogen-bond acceptors (Lipinski definition) is 5. The number of ether oxygens (including phenoxy) is 1. The van der Waals surface area contributed by atoms with Crippen molar-refractivity contribution in [1.82, 2.24) is 5.32 Å². The van der Waals surface area contributed by atoms with E-state index in [0.717, 1.165) is 74.0 Å². The van der Waals surface area contributed by atoms with Gasteiger partial charge in [-0.2, -0.15) is 0 Å². The van der Waals surface area contributed by atoms with E-state index in [1.165, 1.54) is 115 Å². The zero-order valence-electron chi connectivity index (χ0n) is 34.7. The Balaban J connectivity index is 1.18. The van der Waals surface area contributed by atoms with Crippen molar-refractivity contribution in [3.8, 4) is 0 Å². The number of allylic oxidation sites excluding steroid dienone is 1. The van der Waals surface area contributed by atoms with Gasteiger partial charge in [0.1, 0.15) is 12.2 Å². The second kappa shape index (κ2) is 21.3. The Morgan fingerprint density at radius 3 is 2.12 bits per heavy atom. The predicted octanol–water partition coefficient (Wildman–Crippen LogP) is 11.3. The van der Waals surface area contributed by atoms with Crippen molar-refractivity contribution in [2.75, 3.05) is 6.61 Å². The average Bonchev–Trinajstić information content (AvgIpc) is 3.48. The van der Waals surface area contributed by atoms with E-state index in [1.807, 2.05) is 0 Å². The monoisotopic (exact) mass is 730 g/mol. The van der Waals surface area contributed by atoms with Gasteiger partial charge in [0.05, 0.1) is 18.8 Å². The standard InChI is InChI=1S/C46H83NO5/c1-7-8-9-10-11-12-13-14-15-16-17-18-22-42(49)43(50)41(32-48)47-44(51)52-36-27-29-45(5)35(31-36)23-24-37-39-26-25-38(34(4)21-19-20-33(2)3)46(39,6)30-28-40(37)45/h23,33-34,36-43,48-50H,7-22,24-32H2,1-6H3,(H,47,51)/t34-,36?,37?,38-,39?,40?,41?,42?,43?,45+,46-/m1/s1. The van der Waals surface area contributed by atoms with E-state index in [0.29, 0.717) is 11.8 Å². The van der Waals surface area contributed by atoms with Crippen molar-refractivity contribution >= 4 is 6.09 Å². The zero-order valence-corrected chi connectivity index (χ0v) is 34.7. The van der Waals surface area contributed by atoms with Gasteiger partial charge in [-0.15, -0.1) is 0 Å². The molecule has 6 nitrogen and oxygen atoms in total. The molecule has 6 heteroatoms. The number of amides is 1. The number of rotatable bonds is 23. The summed E-state index contributed by atoms with van der Waals surface area (Å²) in [7, 11) is 0. The summed E-state index contributed by atoms with van der Waals surface area (Å²) in [5.74, 6) is 4.81. The lowest BCUT2D eigenvalue weighted by Crippen LogP contribution is -2.52. The van der Waals surface area contributed by atoms with Gasteiger partial charge in [-0.05, 0) is 97.7 Å². The first-order chi connectivity index (χ1) is 24.9.